The van der Waals surface area contributed by atoms with Gasteiger partial charge in [-0.15, -0.1) is 0 Å². The smallest absolute Gasteiger partial charge is 0.271 e. The van der Waals surface area contributed by atoms with Crippen LogP contribution in [0.1, 0.15) is 27.1 Å². The highest BCUT2D eigenvalue weighted by atomic mass is 35.5. The average molecular weight is 346 g/mol. The first-order valence-corrected chi connectivity index (χ1v) is 7.62. The van der Waals surface area contributed by atoms with E-state index in [0.29, 0.717) is 10.6 Å². The molecule has 0 aliphatic heterocycles. The SMILES string of the molecule is O=C(CCNC(=O)c1ccccc1)NNC(=O)c1ccccc1Cl. The van der Waals surface area contributed by atoms with Crippen molar-refractivity contribution in [3.63, 3.8) is 0 Å². The molecular formula is C17H16ClN3O3. The van der Waals surface area contributed by atoms with Crippen LogP contribution in [0.4, 0.5) is 0 Å². The van der Waals surface area contributed by atoms with Crippen LogP contribution in [0, 0.1) is 0 Å². The molecular weight excluding hydrogens is 330 g/mol. The molecule has 2 rings (SSSR count). The lowest BCUT2D eigenvalue weighted by atomic mass is 10.2. The molecule has 0 unspecified atom stereocenters. The van der Waals surface area contributed by atoms with E-state index in [1.807, 2.05) is 6.07 Å². The van der Waals surface area contributed by atoms with Crippen LogP contribution in [0.15, 0.2) is 54.6 Å². The lowest BCUT2D eigenvalue weighted by Crippen LogP contribution is -2.42. The Kier molecular flexibility index (Phi) is 6.33. The maximum atomic E-state index is 11.9. The highest BCUT2D eigenvalue weighted by Gasteiger charge is 2.11. The maximum absolute atomic E-state index is 11.9. The summed E-state index contributed by atoms with van der Waals surface area (Å²) in [5.74, 6) is -1.20. The zero-order valence-corrected chi connectivity index (χ0v) is 13.5. The van der Waals surface area contributed by atoms with Crippen molar-refractivity contribution in [2.45, 2.75) is 6.42 Å². The first-order valence-electron chi connectivity index (χ1n) is 7.25. The predicted molar refractivity (Wildman–Crippen MR) is 90.5 cm³/mol. The van der Waals surface area contributed by atoms with Gasteiger partial charge in [0.25, 0.3) is 11.8 Å². The van der Waals surface area contributed by atoms with Crippen molar-refractivity contribution >= 4 is 29.3 Å². The van der Waals surface area contributed by atoms with Gasteiger partial charge in [0.1, 0.15) is 0 Å². The van der Waals surface area contributed by atoms with Crippen LogP contribution in [0.25, 0.3) is 0 Å². The standard InChI is InChI=1S/C17H16ClN3O3/c18-14-9-5-4-8-13(14)17(24)21-20-15(22)10-11-19-16(23)12-6-2-1-3-7-12/h1-9H,10-11H2,(H,19,23)(H,20,22)(H,21,24). The van der Waals surface area contributed by atoms with E-state index in [0.717, 1.165) is 0 Å². The van der Waals surface area contributed by atoms with E-state index in [2.05, 4.69) is 16.2 Å². The second-order valence-electron chi connectivity index (χ2n) is 4.85. The molecule has 6 nitrogen and oxygen atoms in total. The fourth-order valence-electron chi connectivity index (χ4n) is 1.88. The zero-order valence-electron chi connectivity index (χ0n) is 12.7. The van der Waals surface area contributed by atoms with Gasteiger partial charge in [-0.1, -0.05) is 41.9 Å². The summed E-state index contributed by atoms with van der Waals surface area (Å²) in [6.45, 7) is 0.154. The third-order valence-corrected chi connectivity index (χ3v) is 3.44. The minimum atomic E-state index is -0.512. The summed E-state index contributed by atoms with van der Waals surface area (Å²) in [4.78, 5) is 35.3. The lowest BCUT2D eigenvalue weighted by Gasteiger charge is -2.09. The topological polar surface area (TPSA) is 87.3 Å². The Labute approximate surface area is 144 Å². The maximum Gasteiger partial charge on any atom is 0.271 e. The van der Waals surface area contributed by atoms with Crippen LogP contribution < -0.4 is 16.2 Å². The minimum absolute atomic E-state index is 0.0291. The van der Waals surface area contributed by atoms with Crippen molar-refractivity contribution in [3.8, 4) is 0 Å². The Bertz CT molecular complexity index is 735. The molecule has 0 spiro atoms. The van der Waals surface area contributed by atoms with E-state index in [1.165, 1.54) is 0 Å². The van der Waals surface area contributed by atoms with Crippen molar-refractivity contribution in [1.29, 1.82) is 0 Å². The third-order valence-electron chi connectivity index (χ3n) is 3.11. The molecule has 0 aromatic heterocycles. The molecule has 0 aliphatic carbocycles. The molecule has 3 N–H and O–H groups in total. The van der Waals surface area contributed by atoms with Gasteiger partial charge in [0.05, 0.1) is 10.6 Å². The zero-order chi connectivity index (χ0) is 17.4. The number of rotatable bonds is 5. The molecule has 124 valence electrons. The lowest BCUT2D eigenvalue weighted by molar-refractivity contribution is -0.121. The van der Waals surface area contributed by atoms with Gasteiger partial charge >= 0.3 is 0 Å². The van der Waals surface area contributed by atoms with Gasteiger partial charge in [-0.3, -0.25) is 25.2 Å². The van der Waals surface area contributed by atoms with Gasteiger partial charge < -0.3 is 5.32 Å². The molecule has 0 fully saturated rings. The second-order valence-corrected chi connectivity index (χ2v) is 5.26. The third kappa shape index (κ3) is 5.10. The van der Waals surface area contributed by atoms with E-state index in [4.69, 9.17) is 11.6 Å². The minimum Gasteiger partial charge on any atom is -0.352 e. The monoisotopic (exact) mass is 345 g/mol. The normalized spacial score (nSPS) is 9.88. The van der Waals surface area contributed by atoms with Gasteiger partial charge in [-0.25, -0.2) is 0 Å². The van der Waals surface area contributed by atoms with Gasteiger partial charge in [0, 0.05) is 18.5 Å². The summed E-state index contributed by atoms with van der Waals surface area (Å²) < 4.78 is 0. The molecule has 0 aliphatic rings. The number of hydrogen-bond acceptors (Lipinski definition) is 3. The first-order chi connectivity index (χ1) is 11.6. The molecule has 2 aromatic rings. The van der Waals surface area contributed by atoms with Crippen molar-refractivity contribution in [2.24, 2.45) is 0 Å². The highest BCUT2D eigenvalue weighted by Crippen LogP contribution is 2.13. The van der Waals surface area contributed by atoms with Gasteiger partial charge in [-0.05, 0) is 24.3 Å². The number of halogens is 1. The summed E-state index contributed by atoms with van der Waals surface area (Å²) in [5.41, 5.74) is 5.33. The average Bonchev–Trinajstić information content (AvgIpc) is 2.60. The number of carbonyl (C=O) groups excluding carboxylic acids is 3. The molecule has 0 saturated carbocycles. The van der Waals surface area contributed by atoms with Crippen molar-refractivity contribution in [1.82, 2.24) is 16.2 Å². The number of carbonyl (C=O) groups is 3. The van der Waals surface area contributed by atoms with Crippen LogP contribution in [0.2, 0.25) is 5.02 Å². The van der Waals surface area contributed by atoms with Gasteiger partial charge in [0.15, 0.2) is 0 Å². The molecule has 2 aromatic carbocycles. The quantitative estimate of drug-likeness (QED) is 0.723. The summed E-state index contributed by atoms with van der Waals surface area (Å²) in [6.07, 6.45) is 0.0291. The van der Waals surface area contributed by atoms with E-state index in [9.17, 15) is 14.4 Å². The summed E-state index contributed by atoms with van der Waals surface area (Å²) in [5, 5.41) is 2.92. The van der Waals surface area contributed by atoms with Crippen LogP contribution in [-0.2, 0) is 4.79 Å². The predicted octanol–water partition coefficient (Wildman–Crippen LogP) is 1.92. The highest BCUT2D eigenvalue weighted by molar-refractivity contribution is 6.33. The number of benzene rings is 2. The van der Waals surface area contributed by atoms with Crippen LogP contribution in [0.3, 0.4) is 0 Å². The molecule has 0 atom stereocenters. The molecule has 0 radical (unpaired) electrons. The van der Waals surface area contributed by atoms with Gasteiger partial charge in [0.2, 0.25) is 5.91 Å². The largest absolute Gasteiger partial charge is 0.352 e. The van der Waals surface area contributed by atoms with Crippen LogP contribution in [-0.4, -0.2) is 24.3 Å². The Balaban J connectivity index is 1.71. The molecule has 24 heavy (non-hydrogen) atoms. The molecule has 0 bridgehead atoms. The Morgan fingerprint density at radius 1 is 0.833 bits per heavy atom. The summed E-state index contributed by atoms with van der Waals surface area (Å²) in [6, 6.07) is 15.2. The van der Waals surface area contributed by atoms with E-state index >= 15 is 0 Å². The second kappa shape index (κ2) is 8.69. The van der Waals surface area contributed by atoms with Crippen molar-refractivity contribution in [2.75, 3.05) is 6.54 Å². The van der Waals surface area contributed by atoms with Crippen LogP contribution >= 0.6 is 11.6 Å². The fourth-order valence-corrected chi connectivity index (χ4v) is 2.10. The summed E-state index contributed by atoms with van der Waals surface area (Å²) in [7, 11) is 0. The Morgan fingerprint density at radius 2 is 1.50 bits per heavy atom. The number of amides is 3. The molecule has 0 heterocycles. The Hall–Kier alpha value is -2.86. The van der Waals surface area contributed by atoms with Gasteiger partial charge in [-0.2, -0.15) is 0 Å². The number of hydrazine groups is 1. The first kappa shape index (κ1) is 17.5. The van der Waals surface area contributed by atoms with Crippen LogP contribution in [0.5, 0.6) is 0 Å². The molecule has 0 saturated heterocycles. The number of nitrogens with one attached hydrogen (secondary N) is 3. The number of hydrogen-bond donors (Lipinski definition) is 3. The fraction of sp³-hybridized carbons (Fsp3) is 0.118. The van der Waals surface area contributed by atoms with E-state index < -0.39 is 11.8 Å². The summed E-state index contributed by atoms with van der Waals surface area (Å²) >= 11 is 5.89. The van der Waals surface area contributed by atoms with Crippen molar-refractivity contribution in [3.05, 3.63) is 70.7 Å². The van der Waals surface area contributed by atoms with E-state index in [1.54, 1.807) is 48.5 Å². The molecule has 7 heteroatoms. The Morgan fingerprint density at radius 3 is 2.21 bits per heavy atom. The van der Waals surface area contributed by atoms with Crippen molar-refractivity contribution < 1.29 is 14.4 Å². The molecule has 3 amide bonds. The van der Waals surface area contributed by atoms with E-state index in [-0.39, 0.29) is 24.4 Å².